The van der Waals surface area contributed by atoms with Gasteiger partial charge in [0.25, 0.3) is 0 Å². The van der Waals surface area contributed by atoms with E-state index < -0.39 is 5.97 Å². The molecule has 0 aromatic carbocycles. The molecule has 0 fully saturated rings. The smallest absolute Gasteiger partial charge is 0.303 e. The first kappa shape index (κ1) is 9.12. The van der Waals surface area contributed by atoms with Crippen molar-refractivity contribution in [3.63, 3.8) is 0 Å². The minimum Gasteiger partial charge on any atom is -0.481 e. The summed E-state index contributed by atoms with van der Waals surface area (Å²) in [5.41, 5.74) is 3.23. The molecule has 4 nitrogen and oxygen atoms in total. The van der Waals surface area contributed by atoms with Gasteiger partial charge in [-0.3, -0.25) is 4.79 Å². The van der Waals surface area contributed by atoms with Gasteiger partial charge in [-0.2, -0.15) is 0 Å². The molecular weight excluding hydrogens is 180 g/mol. The number of aryl methyl sites for hydroxylation is 2. The Kier molecular flexibility index (Phi) is 2.43. The van der Waals surface area contributed by atoms with Crippen molar-refractivity contribution < 1.29 is 9.90 Å². The fourth-order valence-electron chi connectivity index (χ4n) is 1.87. The summed E-state index contributed by atoms with van der Waals surface area (Å²) in [7, 11) is 0. The predicted octanol–water partition coefficient (Wildman–Crippen LogP) is 0.983. The van der Waals surface area contributed by atoms with E-state index in [4.69, 9.17) is 5.11 Å². The molecule has 1 aromatic rings. The van der Waals surface area contributed by atoms with Crippen molar-refractivity contribution >= 4 is 5.97 Å². The van der Waals surface area contributed by atoms with Crippen LogP contribution in [0.15, 0.2) is 6.33 Å². The Morgan fingerprint density at radius 3 is 3.07 bits per heavy atom. The van der Waals surface area contributed by atoms with Crippen molar-refractivity contribution in [3.05, 3.63) is 23.3 Å². The quantitative estimate of drug-likeness (QED) is 0.775. The zero-order chi connectivity index (χ0) is 9.97. The SMILES string of the molecule is O=C(O)CCc1ncnc2c1CCC2. The van der Waals surface area contributed by atoms with Gasteiger partial charge in [0, 0.05) is 17.8 Å². The molecule has 0 saturated heterocycles. The third-order valence-corrected chi connectivity index (χ3v) is 2.54. The van der Waals surface area contributed by atoms with Gasteiger partial charge < -0.3 is 5.11 Å². The van der Waals surface area contributed by atoms with Gasteiger partial charge in [0.05, 0.1) is 6.42 Å². The van der Waals surface area contributed by atoms with E-state index in [0.717, 1.165) is 30.7 Å². The van der Waals surface area contributed by atoms with Crippen LogP contribution in [-0.4, -0.2) is 21.0 Å². The molecule has 14 heavy (non-hydrogen) atoms. The zero-order valence-electron chi connectivity index (χ0n) is 7.86. The highest BCUT2D eigenvalue weighted by Crippen LogP contribution is 2.22. The highest BCUT2D eigenvalue weighted by molar-refractivity contribution is 5.67. The summed E-state index contributed by atoms with van der Waals surface area (Å²) < 4.78 is 0. The van der Waals surface area contributed by atoms with E-state index in [-0.39, 0.29) is 6.42 Å². The van der Waals surface area contributed by atoms with Gasteiger partial charge in [0.15, 0.2) is 0 Å². The van der Waals surface area contributed by atoms with Crippen LogP contribution in [0.4, 0.5) is 0 Å². The number of nitrogens with zero attached hydrogens (tertiary/aromatic N) is 2. The molecule has 0 amide bonds. The van der Waals surface area contributed by atoms with E-state index in [9.17, 15) is 4.79 Å². The first-order valence-electron chi connectivity index (χ1n) is 4.81. The van der Waals surface area contributed by atoms with Crippen molar-refractivity contribution in [2.45, 2.75) is 32.1 Å². The number of carboxylic acids is 1. The third-order valence-electron chi connectivity index (χ3n) is 2.54. The number of carbonyl (C=O) groups is 1. The van der Waals surface area contributed by atoms with E-state index in [2.05, 4.69) is 9.97 Å². The second kappa shape index (κ2) is 3.74. The molecule has 1 aliphatic rings. The minimum absolute atomic E-state index is 0.156. The number of fused-ring (bicyclic) bond motifs is 1. The molecule has 1 aliphatic carbocycles. The zero-order valence-corrected chi connectivity index (χ0v) is 7.86. The summed E-state index contributed by atoms with van der Waals surface area (Å²) in [6.07, 6.45) is 5.36. The minimum atomic E-state index is -0.768. The fourth-order valence-corrected chi connectivity index (χ4v) is 1.87. The summed E-state index contributed by atoms with van der Waals surface area (Å²) in [5.74, 6) is -0.768. The van der Waals surface area contributed by atoms with Crippen molar-refractivity contribution in [2.75, 3.05) is 0 Å². The Labute approximate surface area is 82.0 Å². The number of aliphatic carboxylic acids is 1. The molecule has 0 radical (unpaired) electrons. The summed E-state index contributed by atoms with van der Waals surface area (Å²) in [4.78, 5) is 18.8. The van der Waals surface area contributed by atoms with Crippen LogP contribution < -0.4 is 0 Å². The maximum atomic E-state index is 10.4. The molecule has 0 atom stereocenters. The Morgan fingerprint density at radius 1 is 1.43 bits per heavy atom. The van der Waals surface area contributed by atoms with Gasteiger partial charge in [0.2, 0.25) is 0 Å². The van der Waals surface area contributed by atoms with Crippen LogP contribution in [0.3, 0.4) is 0 Å². The molecule has 0 bridgehead atoms. The maximum Gasteiger partial charge on any atom is 0.303 e. The van der Waals surface area contributed by atoms with Crippen LogP contribution in [0.25, 0.3) is 0 Å². The molecule has 1 N–H and O–H groups in total. The van der Waals surface area contributed by atoms with Gasteiger partial charge in [0.1, 0.15) is 6.33 Å². The standard InChI is InChI=1S/C10H12N2O2/c13-10(14)5-4-9-7-2-1-3-8(7)11-6-12-9/h6H,1-5H2,(H,13,14). The highest BCUT2D eigenvalue weighted by Gasteiger charge is 2.16. The van der Waals surface area contributed by atoms with Crippen LogP contribution >= 0.6 is 0 Å². The van der Waals surface area contributed by atoms with E-state index in [1.165, 1.54) is 5.56 Å². The molecule has 0 spiro atoms. The maximum absolute atomic E-state index is 10.4. The molecule has 0 saturated carbocycles. The molecule has 4 heteroatoms. The Hall–Kier alpha value is -1.45. The van der Waals surface area contributed by atoms with Crippen molar-refractivity contribution in [1.82, 2.24) is 9.97 Å². The topological polar surface area (TPSA) is 63.1 Å². The average Bonchev–Trinajstić information content (AvgIpc) is 2.62. The lowest BCUT2D eigenvalue weighted by Crippen LogP contribution is -2.03. The molecule has 1 heterocycles. The molecule has 2 rings (SSSR count). The van der Waals surface area contributed by atoms with Gasteiger partial charge in [-0.1, -0.05) is 0 Å². The number of hydrogen-bond donors (Lipinski definition) is 1. The lowest BCUT2D eigenvalue weighted by molar-refractivity contribution is -0.136. The van der Waals surface area contributed by atoms with E-state index in [1.807, 2.05) is 0 Å². The number of carboxylic acid groups (broad SMARTS) is 1. The van der Waals surface area contributed by atoms with Crippen molar-refractivity contribution in [2.24, 2.45) is 0 Å². The number of aromatic nitrogens is 2. The van der Waals surface area contributed by atoms with Crippen LogP contribution in [0.2, 0.25) is 0 Å². The second-order valence-corrected chi connectivity index (χ2v) is 3.49. The van der Waals surface area contributed by atoms with E-state index in [0.29, 0.717) is 6.42 Å². The molecule has 1 aromatic heterocycles. The van der Waals surface area contributed by atoms with Gasteiger partial charge >= 0.3 is 5.97 Å². The molecule has 0 unspecified atom stereocenters. The van der Waals surface area contributed by atoms with Crippen molar-refractivity contribution in [3.8, 4) is 0 Å². The first-order chi connectivity index (χ1) is 6.77. The van der Waals surface area contributed by atoms with Crippen LogP contribution in [0.5, 0.6) is 0 Å². The average molecular weight is 192 g/mol. The first-order valence-corrected chi connectivity index (χ1v) is 4.81. The van der Waals surface area contributed by atoms with Gasteiger partial charge in [-0.25, -0.2) is 9.97 Å². The van der Waals surface area contributed by atoms with Crippen LogP contribution in [0.1, 0.15) is 29.8 Å². The van der Waals surface area contributed by atoms with Gasteiger partial charge in [-0.15, -0.1) is 0 Å². The monoisotopic (exact) mass is 192 g/mol. The van der Waals surface area contributed by atoms with Crippen molar-refractivity contribution in [1.29, 1.82) is 0 Å². The Morgan fingerprint density at radius 2 is 2.29 bits per heavy atom. The normalized spacial score (nSPS) is 14.0. The lowest BCUT2D eigenvalue weighted by Gasteiger charge is -2.04. The van der Waals surface area contributed by atoms with Gasteiger partial charge in [-0.05, 0) is 24.8 Å². The molecular formula is C10H12N2O2. The summed E-state index contributed by atoms with van der Waals surface area (Å²) >= 11 is 0. The number of hydrogen-bond acceptors (Lipinski definition) is 3. The fraction of sp³-hybridized carbons (Fsp3) is 0.500. The van der Waals surface area contributed by atoms with Crippen LogP contribution in [-0.2, 0) is 24.1 Å². The van der Waals surface area contributed by atoms with Crippen LogP contribution in [0, 0.1) is 0 Å². The second-order valence-electron chi connectivity index (χ2n) is 3.49. The molecule has 0 aliphatic heterocycles. The lowest BCUT2D eigenvalue weighted by atomic mass is 10.1. The summed E-state index contributed by atoms with van der Waals surface area (Å²) in [6.45, 7) is 0. The number of rotatable bonds is 3. The molecule has 74 valence electrons. The van der Waals surface area contributed by atoms with E-state index >= 15 is 0 Å². The Balaban J connectivity index is 2.17. The summed E-state index contributed by atoms with van der Waals surface area (Å²) in [6, 6.07) is 0. The summed E-state index contributed by atoms with van der Waals surface area (Å²) in [5, 5.41) is 8.58. The highest BCUT2D eigenvalue weighted by atomic mass is 16.4. The third kappa shape index (κ3) is 1.73. The van der Waals surface area contributed by atoms with E-state index in [1.54, 1.807) is 6.33 Å². The largest absolute Gasteiger partial charge is 0.481 e. The Bertz CT molecular complexity index is 363. The predicted molar refractivity (Wildman–Crippen MR) is 50.0 cm³/mol.